The number of aliphatic hydroxyl groups is 1. The summed E-state index contributed by atoms with van der Waals surface area (Å²) in [5, 5.41) is 21.6. The molecule has 0 saturated heterocycles. The normalized spacial score (nSPS) is 23.5. The first-order valence-corrected chi connectivity index (χ1v) is 6.49. The molecule has 1 saturated carbocycles. The van der Waals surface area contributed by atoms with Gasteiger partial charge in [0.15, 0.2) is 0 Å². The molecule has 1 amide bonds. The zero-order chi connectivity index (χ0) is 14.0. The number of phenols is 1. The van der Waals surface area contributed by atoms with Crippen LogP contribution in [0.25, 0.3) is 0 Å². The number of amides is 1. The molecule has 1 aromatic carbocycles. The van der Waals surface area contributed by atoms with Gasteiger partial charge < -0.3 is 15.5 Å². The molecule has 0 aromatic heterocycles. The molecule has 1 aliphatic carbocycles. The second kappa shape index (κ2) is 5.57. The lowest BCUT2D eigenvalue weighted by Crippen LogP contribution is -2.46. The molecule has 0 unspecified atom stereocenters. The molecule has 2 rings (SSSR count). The lowest BCUT2D eigenvalue weighted by atomic mass is 9.76. The van der Waals surface area contributed by atoms with Crippen LogP contribution in [0, 0.1) is 11.7 Å². The van der Waals surface area contributed by atoms with Crippen LogP contribution in [-0.2, 0) is 0 Å². The van der Waals surface area contributed by atoms with Crippen LogP contribution in [0.1, 0.15) is 36.5 Å². The zero-order valence-corrected chi connectivity index (χ0v) is 10.8. The third-order valence-corrected chi connectivity index (χ3v) is 3.69. The first kappa shape index (κ1) is 13.8. The van der Waals surface area contributed by atoms with Crippen LogP contribution in [0.3, 0.4) is 0 Å². The summed E-state index contributed by atoms with van der Waals surface area (Å²) in [5.74, 6) is -1.48. The molecular formula is C14H18FNO3. The summed E-state index contributed by atoms with van der Waals surface area (Å²) < 4.78 is 13.6. The molecule has 1 atom stereocenters. The highest BCUT2D eigenvalue weighted by molar-refractivity contribution is 5.97. The van der Waals surface area contributed by atoms with Crippen LogP contribution in [0.5, 0.6) is 5.75 Å². The maximum Gasteiger partial charge on any atom is 0.258 e. The minimum absolute atomic E-state index is 0.102. The molecular weight excluding hydrogens is 249 g/mol. The Kier molecular flexibility index (Phi) is 4.04. The number of benzene rings is 1. The summed E-state index contributed by atoms with van der Waals surface area (Å²) in [4.78, 5) is 12.0. The highest BCUT2D eigenvalue weighted by Gasteiger charge is 2.34. The average molecular weight is 267 g/mol. The van der Waals surface area contributed by atoms with Gasteiger partial charge >= 0.3 is 0 Å². The Labute approximate surface area is 111 Å². The number of hydrogen-bond acceptors (Lipinski definition) is 3. The van der Waals surface area contributed by atoms with E-state index in [-0.39, 0.29) is 29.4 Å². The molecule has 1 fully saturated rings. The van der Waals surface area contributed by atoms with Gasteiger partial charge in [0.1, 0.15) is 17.1 Å². The summed E-state index contributed by atoms with van der Waals surface area (Å²) in [6.07, 6.45) is 1.72. The van der Waals surface area contributed by atoms with E-state index in [2.05, 4.69) is 5.32 Å². The number of aliphatic hydroxyl groups excluding tert-OH is 1. The van der Waals surface area contributed by atoms with E-state index in [4.69, 9.17) is 0 Å². The molecule has 3 N–H and O–H groups in total. The summed E-state index contributed by atoms with van der Waals surface area (Å²) in [7, 11) is 0. The molecule has 19 heavy (non-hydrogen) atoms. The number of aromatic hydroxyl groups is 1. The highest BCUT2D eigenvalue weighted by atomic mass is 19.1. The van der Waals surface area contributed by atoms with Gasteiger partial charge in [-0.05, 0) is 37.3 Å². The van der Waals surface area contributed by atoms with Crippen molar-refractivity contribution in [3.05, 3.63) is 29.6 Å². The van der Waals surface area contributed by atoms with Crippen molar-refractivity contribution in [3.63, 3.8) is 0 Å². The lowest BCUT2D eigenvalue weighted by Gasteiger charge is -2.37. The van der Waals surface area contributed by atoms with E-state index < -0.39 is 11.7 Å². The third kappa shape index (κ3) is 2.87. The first-order chi connectivity index (χ1) is 9.02. The van der Waals surface area contributed by atoms with Crippen molar-refractivity contribution in [2.45, 2.75) is 38.3 Å². The number of phenolic OH excluding ortho intramolecular Hbond substituents is 1. The molecule has 104 valence electrons. The summed E-state index contributed by atoms with van der Waals surface area (Å²) in [5.41, 5.74) is -0.319. The van der Waals surface area contributed by atoms with Crippen LogP contribution >= 0.6 is 0 Å². The van der Waals surface area contributed by atoms with Crippen LogP contribution in [0.4, 0.5) is 4.39 Å². The Morgan fingerprint density at radius 2 is 2.21 bits per heavy atom. The molecule has 1 aliphatic rings. The Morgan fingerprint density at radius 1 is 1.53 bits per heavy atom. The predicted molar refractivity (Wildman–Crippen MR) is 68.3 cm³/mol. The topological polar surface area (TPSA) is 69.6 Å². The minimum Gasteiger partial charge on any atom is -0.507 e. The van der Waals surface area contributed by atoms with Crippen molar-refractivity contribution in [1.82, 2.24) is 5.32 Å². The molecule has 0 spiro atoms. The van der Waals surface area contributed by atoms with Crippen LogP contribution < -0.4 is 5.32 Å². The second-order valence-corrected chi connectivity index (χ2v) is 5.01. The van der Waals surface area contributed by atoms with Crippen LogP contribution in [-0.4, -0.2) is 28.3 Å². The number of carbonyl (C=O) groups excluding carboxylic acids is 1. The summed E-state index contributed by atoms with van der Waals surface area (Å²) in [6.45, 7) is 1.93. The Balaban J connectivity index is 2.07. The largest absolute Gasteiger partial charge is 0.507 e. The fraction of sp³-hybridized carbons (Fsp3) is 0.500. The number of rotatable bonds is 4. The number of carbonyl (C=O) groups is 1. The monoisotopic (exact) mass is 267 g/mol. The summed E-state index contributed by atoms with van der Waals surface area (Å²) in [6, 6.07) is 3.67. The number of halogens is 1. The van der Waals surface area contributed by atoms with Gasteiger partial charge in [0, 0.05) is 6.04 Å². The van der Waals surface area contributed by atoms with Crippen molar-refractivity contribution in [3.8, 4) is 5.75 Å². The van der Waals surface area contributed by atoms with Crippen molar-refractivity contribution in [1.29, 1.82) is 0 Å². The predicted octanol–water partition coefficient (Wildman–Crippen LogP) is 1.81. The average Bonchev–Trinajstić information content (AvgIpc) is 2.32. The lowest BCUT2D eigenvalue weighted by molar-refractivity contribution is 0.0232. The standard InChI is InChI=1S/C14H18FNO3/c1-2-11(8-6-9(17)7-8)16-14(19)13-10(15)4-3-5-12(13)18/h3-5,8-9,11,17-18H,2,6-7H2,1H3,(H,16,19)/t8?,9?,11-/m0/s1. The van der Waals surface area contributed by atoms with Gasteiger partial charge in [-0.25, -0.2) is 4.39 Å². The summed E-state index contributed by atoms with van der Waals surface area (Å²) >= 11 is 0. The number of hydrogen-bond donors (Lipinski definition) is 3. The zero-order valence-electron chi connectivity index (χ0n) is 10.8. The molecule has 0 heterocycles. The molecule has 1 aromatic rings. The van der Waals surface area contributed by atoms with Gasteiger partial charge in [0.25, 0.3) is 5.91 Å². The maximum absolute atomic E-state index is 13.6. The molecule has 4 nitrogen and oxygen atoms in total. The van der Waals surface area contributed by atoms with Gasteiger partial charge in [0.05, 0.1) is 6.10 Å². The van der Waals surface area contributed by atoms with Crippen LogP contribution in [0.2, 0.25) is 0 Å². The third-order valence-electron chi connectivity index (χ3n) is 3.69. The van der Waals surface area contributed by atoms with Crippen molar-refractivity contribution >= 4 is 5.91 Å². The van der Waals surface area contributed by atoms with E-state index in [1.54, 1.807) is 0 Å². The Morgan fingerprint density at radius 3 is 2.74 bits per heavy atom. The van der Waals surface area contributed by atoms with Gasteiger partial charge in [-0.2, -0.15) is 0 Å². The molecule has 5 heteroatoms. The van der Waals surface area contributed by atoms with E-state index in [1.807, 2.05) is 6.92 Å². The quantitative estimate of drug-likeness (QED) is 0.779. The van der Waals surface area contributed by atoms with E-state index in [9.17, 15) is 19.4 Å². The molecule has 0 aliphatic heterocycles. The first-order valence-electron chi connectivity index (χ1n) is 6.49. The fourth-order valence-electron chi connectivity index (χ4n) is 2.49. The Hall–Kier alpha value is -1.62. The maximum atomic E-state index is 13.6. The van der Waals surface area contributed by atoms with E-state index in [0.29, 0.717) is 19.3 Å². The number of nitrogens with one attached hydrogen (secondary N) is 1. The molecule has 0 radical (unpaired) electrons. The Bertz CT molecular complexity index is 452. The highest BCUT2D eigenvalue weighted by Crippen LogP contribution is 2.32. The van der Waals surface area contributed by atoms with Gasteiger partial charge in [-0.15, -0.1) is 0 Å². The van der Waals surface area contributed by atoms with Gasteiger partial charge in [-0.3, -0.25) is 4.79 Å². The van der Waals surface area contributed by atoms with Crippen LogP contribution in [0.15, 0.2) is 18.2 Å². The van der Waals surface area contributed by atoms with Crippen molar-refractivity contribution in [2.75, 3.05) is 0 Å². The molecule has 0 bridgehead atoms. The smallest absolute Gasteiger partial charge is 0.258 e. The van der Waals surface area contributed by atoms with E-state index in [1.165, 1.54) is 12.1 Å². The van der Waals surface area contributed by atoms with E-state index in [0.717, 1.165) is 6.07 Å². The minimum atomic E-state index is -0.735. The van der Waals surface area contributed by atoms with Gasteiger partial charge in [0.2, 0.25) is 0 Å². The van der Waals surface area contributed by atoms with Crippen molar-refractivity contribution < 1.29 is 19.4 Å². The van der Waals surface area contributed by atoms with E-state index >= 15 is 0 Å². The van der Waals surface area contributed by atoms with Crippen molar-refractivity contribution in [2.24, 2.45) is 5.92 Å². The fourth-order valence-corrected chi connectivity index (χ4v) is 2.49. The SMILES string of the molecule is CC[C@H](NC(=O)c1c(O)cccc1F)C1CC(O)C1. The second-order valence-electron chi connectivity index (χ2n) is 5.01. The van der Waals surface area contributed by atoms with Gasteiger partial charge in [-0.1, -0.05) is 13.0 Å².